The molecule has 1 unspecified atom stereocenters. The SMILES string of the molecule is O=C(Nc1cnn(CC2CCCO2)c1)c1cc(Cl)cc2cccnc12. The van der Waals surface area contributed by atoms with Gasteiger partial charge in [-0.05, 0) is 31.0 Å². The van der Waals surface area contributed by atoms with Crippen molar-refractivity contribution >= 4 is 34.1 Å². The number of rotatable bonds is 4. The lowest BCUT2D eigenvalue weighted by Crippen LogP contribution is -2.15. The van der Waals surface area contributed by atoms with Crippen molar-refractivity contribution < 1.29 is 9.53 Å². The summed E-state index contributed by atoms with van der Waals surface area (Å²) in [7, 11) is 0. The van der Waals surface area contributed by atoms with Crippen LogP contribution in [0.25, 0.3) is 10.9 Å². The first-order valence-electron chi connectivity index (χ1n) is 8.19. The van der Waals surface area contributed by atoms with Crippen LogP contribution >= 0.6 is 11.6 Å². The summed E-state index contributed by atoms with van der Waals surface area (Å²) in [4.78, 5) is 17.0. The maximum atomic E-state index is 12.7. The van der Waals surface area contributed by atoms with E-state index in [4.69, 9.17) is 16.3 Å². The highest BCUT2D eigenvalue weighted by Gasteiger charge is 2.17. The number of anilines is 1. The molecule has 0 spiro atoms. The minimum absolute atomic E-state index is 0.199. The average molecular weight is 357 g/mol. The van der Waals surface area contributed by atoms with E-state index in [0.717, 1.165) is 24.8 Å². The van der Waals surface area contributed by atoms with Crippen LogP contribution in [0.5, 0.6) is 0 Å². The summed E-state index contributed by atoms with van der Waals surface area (Å²) in [6.45, 7) is 1.50. The average Bonchev–Trinajstić information content (AvgIpc) is 3.26. The number of carbonyl (C=O) groups excluding carboxylic acids is 1. The molecule has 1 atom stereocenters. The molecule has 0 saturated carbocycles. The van der Waals surface area contributed by atoms with Crippen LogP contribution in [0.3, 0.4) is 0 Å². The van der Waals surface area contributed by atoms with Gasteiger partial charge in [0, 0.05) is 29.4 Å². The van der Waals surface area contributed by atoms with E-state index in [1.165, 1.54) is 0 Å². The topological polar surface area (TPSA) is 69.0 Å². The molecule has 0 aliphatic carbocycles. The maximum absolute atomic E-state index is 12.7. The molecule has 7 heteroatoms. The highest BCUT2D eigenvalue weighted by molar-refractivity contribution is 6.32. The van der Waals surface area contributed by atoms with E-state index in [9.17, 15) is 4.79 Å². The van der Waals surface area contributed by atoms with Crippen LogP contribution in [0.4, 0.5) is 5.69 Å². The summed E-state index contributed by atoms with van der Waals surface area (Å²) in [5, 5.41) is 8.48. The van der Waals surface area contributed by atoms with Crippen molar-refractivity contribution in [1.29, 1.82) is 0 Å². The van der Waals surface area contributed by atoms with Crippen molar-refractivity contribution in [2.75, 3.05) is 11.9 Å². The smallest absolute Gasteiger partial charge is 0.258 e. The van der Waals surface area contributed by atoms with Gasteiger partial charge in [-0.1, -0.05) is 17.7 Å². The molecule has 1 saturated heterocycles. The molecule has 128 valence electrons. The molecule has 25 heavy (non-hydrogen) atoms. The second kappa shape index (κ2) is 6.82. The third kappa shape index (κ3) is 3.50. The number of fused-ring (bicyclic) bond motifs is 1. The van der Waals surface area contributed by atoms with Gasteiger partial charge in [0.25, 0.3) is 5.91 Å². The Labute approximate surface area is 149 Å². The molecular formula is C18H17ClN4O2. The van der Waals surface area contributed by atoms with Gasteiger partial charge in [0.1, 0.15) is 0 Å². The van der Waals surface area contributed by atoms with E-state index in [2.05, 4.69) is 15.4 Å². The standard InChI is InChI=1S/C18H17ClN4O2/c19-13-7-12-3-1-5-20-17(12)16(8-13)18(24)22-14-9-21-23(10-14)11-15-4-2-6-25-15/h1,3,5,7-10,15H,2,4,6,11H2,(H,22,24). The lowest BCUT2D eigenvalue weighted by molar-refractivity contribution is 0.0940. The lowest BCUT2D eigenvalue weighted by atomic mass is 10.1. The summed E-state index contributed by atoms with van der Waals surface area (Å²) in [6.07, 6.45) is 7.43. The van der Waals surface area contributed by atoms with Crippen molar-refractivity contribution in [2.45, 2.75) is 25.5 Å². The molecule has 0 bridgehead atoms. The monoisotopic (exact) mass is 356 g/mol. The molecule has 6 nitrogen and oxygen atoms in total. The van der Waals surface area contributed by atoms with E-state index < -0.39 is 0 Å². The second-order valence-electron chi connectivity index (χ2n) is 6.07. The van der Waals surface area contributed by atoms with Crippen molar-refractivity contribution in [3.63, 3.8) is 0 Å². The third-order valence-corrected chi connectivity index (χ3v) is 4.44. The highest BCUT2D eigenvalue weighted by atomic mass is 35.5. The Balaban J connectivity index is 1.53. The zero-order chi connectivity index (χ0) is 17.2. The number of halogens is 1. The van der Waals surface area contributed by atoms with Gasteiger partial charge in [0.2, 0.25) is 0 Å². The second-order valence-corrected chi connectivity index (χ2v) is 6.51. The Bertz CT molecular complexity index is 918. The fourth-order valence-electron chi connectivity index (χ4n) is 3.05. The van der Waals surface area contributed by atoms with E-state index in [1.807, 2.05) is 12.1 Å². The molecule has 1 N–H and O–H groups in total. The maximum Gasteiger partial charge on any atom is 0.258 e. The number of nitrogens with zero attached hydrogens (tertiary/aromatic N) is 3. The van der Waals surface area contributed by atoms with Crippen LogP contribution in [-0.4, -0.2) is 33.4 Å². The highest BCUT2D eigenvalue weighted by Crippen LogP contribution is 2.23. The van der Waals surface area contributed by atoms with Crippen molar-refractivity contribution in [3.8, 4) is 0 Å². The Kier molecular flexibility index (Phi) is 4.38. The first kappa shape index (κ1) is 16.1. The Morgan fingerprint density at radius 2 is 2.36 bits per heavy atom. The fraction of sp³-hybridized carbons (Fsp3) is 0.278. The zero-order valence-corrected chi connectivity index (χ0v) is 14.2. The van der Waals surface area contributed by atoms with Gasteiger partial charge in [-0.3, -0.25) is 14.5 Å². The molecule has 1 aromatic carbocycles. The summed E-state index contributed by atoms with van der Waals surface area (Å²) in [6, 6.07) is 7.11. The van der Waals surface area contributed by atoms with Gasteiger partial charge in [-0.15, -0.1) is 0 Å². The number of hydrogen-bond acceptors (Lipinski definition) is 4. The van der Waals surface area contributed by atoms with Crippen LogP contribution in [0.15, 0.2) is 42.9 Å². The van der Waals surface area contributed by atoms with E-state index in [0.29, 0.717) is 28.3 Å². The Morgan fingerprint density at radius 3 is 3.20 bits per heavy atom. The van der Waals surface area contributed by atoms with Crippen LogP contribution in [0, 0.1) is 0 Å². The minimum atomic E-state index is -0.261. The lowest BCUT2D eigenvalue weighted by Gasteiger charge is -2.09. The number of pyridine rings is 1. The number of hydrogen-bond donors (Lipinski definition) is 1. The van der Waals surface area contributed by atoms with Crippen LogP contribution in [0.2, 0.25) is 5.02 Å². The van der Waals surface area contributed by atoms with Gasteiger partial charge in [0.05, 0.1) is 35.6 Å². The summed E-state index contributed by atoms with van der Waals surface area (Å²) < 4.78 is 7.40. The molecule has 1 aliphatic heterocycles. The zero-order valence-electron chi connectivity index (χ0n) is 13.5. The number of aromatic nitrogens is 3. The largest absolute Gasteiger partial charge is 0.376 e. The Morgan fingerprint density at radius 1 is 1.44 bits per heavy atom. The van der Waals surface area contributed by atoms with Crippen molar-refractivity contribution in [2.24, 2.45) is 0 Å². The van der Waals surface area contributed by atoms with Crippen molar-refractivity contribution in [3.05, 3.63) is 53.4 Å². The van der Waals surface area contributed by atoms with Gasteiger partial charge in [-0.25, -0.2) is 0 Å². The molecule has 4 rings (SSSR count). The first-order valence-corrected chi connectivity index (χ1v) is 8.56. The van der Waals surface area contributed by atoms with Crippen LogP contribution < -0.4 is 5.32 Å². The normalized spacial score (nSPS) is 17.1. The molecule has 0 radical (unpaired) electrons. The summed E-state index contributed by atoms with van der Waals surface area (Å²) in [5.74, 6) is -0.261. The number of ether oxygens (including phenoxy) is 1. The summed E-state index contributed by atoms with van der Waals surface area (Å²) in [5.41, 5.74) is 1.69. The van der Waals surface area contributed by atoms with Gasteiger partial charge < -0.3 is 10.1 Å². The van der Waals surface area contributed by atoms with Gasteiger partial charge in [-0.2, -0.15) is 5.10 Å². The first-order chi connectivity index (χ1) is 12.2. The number of nitrogens with one attached hydrogen (secondary N) is 1. The van der Waals surface area contributed by atoms with E-state index in [1.54, 1.807) is 35.4 Å². The van der Waals surface area contributed by atoms with Gasteiger partial charge in [0.15, 0.2) is 0 Å². The third-order valence-electron chi connectivity index (χ3n) is 4.22. The predicted octanol–water partition coefficient (Wildman–Crippen LogP) is 3.52. The van der Waals surface area contributed by atoms with Crippen LogP contribution in [0.1, 0.15) is 23.2 Å². The molecule has 3 aromatic rings. The van der Waals surface area contributed by atoms with Crippen molar-refractivity contribution in [1.82, 2.24) is 14.8 Å². The number of benzene rings is 1. The molecule has 1 fully saturated rings. The molecule has 1 amide bonds. The van der Waals surface area contributed by atoms with E-state index >= 15 is 0 Å². The molecule has 1 aliphatic rings. The predicted molar refractivity (Wildman–Crippen MR) is 95.9 cm³/mol. The number of carbonyl (C=O) groups is 1. The molecular weight excluding hydrogens is 340 g/mol. The van der Waals surface area contributed by atoms with Crippen LogP contribution in [-0.2, 0) is 11.3 Å². The minimum Gasteiger partial charge on any atom is -0.376 e. The van der Waals surface area contributed by atoms with Gasteiger partial charge >= 0.3 is 0 Å². The summed E-state index contributed by atoms with van der Waals surface area (Å²) >= 11 is 6.13. The fourth-order valence-corrected chi connectivity index (χ4v) is 3.28. The number of amides is 1. The molecule has 2 aromatic heterocycles. The van der Waals surface area contributed by atoms with E-state index in [-0.39, 0.29) is 12.0 Å². The Hall–Kier alpha value is -2.44. The molecule has 3 heterocycles. The quantitative estimate of drug-likeness (QED) is 0.776.